The van der Waals surface area contributed by atoms with Gasteiger partial charge in [0.15, 0.2) is 5.54 Å². The summed E-state index contributed by atoms with van der Waals surface area (Å²) < 4.78 is 13.1. The van der Waals surface area contributed by atoms with Crippen LogP contribution in [0.1, 0.15) is 13.8 Å². The number of hydrogen-bond donors (Lipinski definition) is 2. The second-order valence-electron chi connectivity index (χ2n) is 5.54. The fraction of sp³-hybridized carbons (Fsp3) is 0.750. The lowest BCUT2D eigenvalue weighted by atomic mass is 9.78. The number of nitrogens with zero attached hydrogens (tertiary/aromatic N) is 3. The van der Waals surface area contributed by atoms with Crippen LogP contribution in [0.25, 0.3) is 0 Å². The molecule has 2 heterocycles. The molecule has 7 nitrogen and oxygen atoms in total. The molecular formula is C12H20FN5O2. The fourth-order valence-corrected chi connectivity index (χ4v) is 3.13. The van der Waals surface area contributed by atoms with Crippen LogP contribution in [0, 0.1) is 5.92 Å². The summed E-state index contributed by atoms with van der Waals surface area (Å²) in [6.07, 6.45) is 1.54. The molecule has 4 atom stereocenters. The highest BCUT2D eigenvalue weighted by atomic mass is 19.1. The van der Waals surface area contributed by atoms with Crippen LogP contribution in [0.2, 0.25) is 0 Å². The molecule has 0 aromatic rings. The topological polar surface area (TPSA) is 105 Å². The van der Waals surface area contributed by atoms with Crippen molar-refractivity contribution in [2.75, 3.05) is 19.8 Å². The standard InChI is InChI=1S/C12H20FN5O2/c1-7(3-13)12(10(14)19)9-5-18(11(15)20)8(2)4-17(9)6-16-12/h6-9H,3-5H2,1-2H3,(H2,14,19)(H2,15,20)/t7-,8?,9?,12?/m0/s1. The maximum absolute atomic E-state index is 13.1. The Morgan fingerprint density at radius 1 is 1.50 bits per heavy atom. The number of amides is 3. The lowest BCUT2D eigenvalue weighted by molar-refractivity contribution is -0.127. The average Bonchev–Trinajstić information content (AvgIpc) is 2.76. The summed E-state index contributed by atoms with van der Waals surface area (Å²) in [5, 5.41) is 0. The van der Waals surface area contributed by atoms with Crippen LogP contribution in [0.4, 0.5) is 9.18 Å². The summed E-state index contributed by atoms with van der Waals surface area (Å²) in [5.41, 5.74) is 9.50. The van der Waals surface area contributed by atoms with Gasteiger partial charge < -0.3 is 21.3 Å². The molecule has 0 bridgehead atoms. The largest absolute Gasteiger partial charge is 0.367 e. The highest BCUT2D eigenvalue weighted by molar-refractivity contribution is 5.90. The lowest BCUT2D eigenvalue weighted by Gasteiger charge is -2.46. The molecule has 4 N–H and O–H groups in total. The van der Waals surface area contributed by atoms with E-state index < -0.39 is 36.1 Å². The first kappa shape index (κ1) is 14.5. The SMILES string of the molecule is CC1CN2C=NC(C(N)=O)([C@@H](C)CF)C2CN1C(N)=O. The quantitative estimate of drug-likeness (QED) is 0.717. The van der Waals surface area contributed by atoms with Crippen LogP contribution >= 0.6 is 0 Å². The van der Waals surface area contributed by atoms with Crippen molar-refractivity contribution < 1.29 is 14.0 Å². The average molecular weight is 285 g/mol. The number of rotatable bonds is 3. The Labute approximate surface area is 116 Å². The van der Waals surface area contributed by atoms with E-state index in [2.05, 4.69) is 4.99 Å². The first-order valence-electron chi connectivity index (χ1n) is 6.57. The predicted octanol–water partition coefficient (Wildman–Crippen LogP) is -0.689. The third-order valence-electron chi connectivity index (χ3n) is 4.37. The van der Waals surface area contributed by atoms with Gasteiger partial charge in [0.2, 0.25) is 5.91 Å². The molecule has 3 unspecified atom stereocenters. The van der Waals surface area contributed by atoms with Crippen LogP contribution in [0.15, 0.2) is 4.99 Å². The lowest BCUT2D eigenvalue weighted by Crippen LogP contribution is -2.67. The van der Waals surface area contributed by atoms with Crippen molar-refractivity contribution in [2.45, 2.75) is 31.5 Å². The van der Waals surface area contributed by atoms with Gasteiger partial charge in [-0.25, -0.2) is 4.79 Å². The molecule has 0 radical (unpaired) electrons. The highest BCUT2D eigenvalue weighted by Gasteiger charge is 2.56. The van der Waals surface area contributed by atoms with Gasteiger partial charge in [0.05, 0.1) is 19.1 Å². The van der Waals surface area contributed by atoms with Crippen LogP contribution < -0.4 is 11.5 Å². The summed E-state index contributed by atoms with van der Waals surface area (Å²) in [5.74, 6) is -1.33. The molecule has 2 aliphatic heterocycles. The molecule has 3 amide bonds. The molecule has 1 fully saturated rings. The van der Waals surface area contributed by atoms with E-state index in [0.717, 1.165) is 0 Å². The van der Waals surface area contributed by atoms with Crippen molar-refractivity contribution in [1.29, 1.82) is 0 Å². The van der Waals surface area contributed by atoms with Gasteiger partial charge in [-0.1, -0.05) is 6.92 Å². The Morgan fingerprint density at radius 2 is 2.15 bits per heavy atom. The van der Waals surface area contributed by atoms with Gasteiger partial charge in [-0.05, 0) is 6.92 Å². The first-order chi connectivity index (χ1) is 9.34. The number of fused-ring (bicyclic) bond motifs is 1. The van der Waals surface area contributed by atoms with E-state index in [1.165, 1.54) is 11.2 Å². The second kappa shape index (κ2) is 4.92. The number of urea groups is 1. The summed E-state index contributed by atoms with van der Waals surface area (Å²) >= 11 is 0. The number of carbonyl (C=O) groups excluding carboxylic acids is 2. The zero-order chi connectivity index (χ0) is 15.1. The number of hydrogen-bond acceptors (Lipinski definition) is 4. The van der Waals surface area contributed by atoms with Gasteiger partial charge in [-0.15, -0.1) is 0 Å². The molecule has 20 heavy (non-hydrogen) atoms. The Kier molecular flexibility index (Phi) is 3.58. The van der Waals surface area contributed by atoms with Crippen LogP contribution in [0.3, 0.4) is 0 Å². The number of alkyl halides is 1. The number of primary amides is 2. The van der Waals surface area contributed by atoms with Crippen molar-refractivity contribution in [3.05, 3.63) is 0 Å². The van der Waals surface area contributed by atoms with E-state index in [1.807, 2.05) is 11.8 Å². The van der Waals surface area contributed by atoms with Gasteiger partial charge in [0, 0.05) is 25.0 Å². The van der Waals surface area contributed by atoms with E-state index in [1.54, 1.807) is 6.92 Å². The van der Waals surface area contributed by atoms with Crippen molar-refractivity contribution in [3.8, 4) is 0 Å². The van der Waals surface area contributed by atoms with Gasteiger partial charge >= 0.3 is 6.03 Å². The van der Waals surface area contributed by atoms with E-state index >= 15 is 0 Å². The summed E-state index contributed by atoms with van der Waals surface area (Å²) in [4.78, 5) is 30.9. The number of carbonyl (C=O) groups is 2. The minimum absolute atomic E-state index is 0.0976. The fourth-order valence-electron chi connectivity index (χ4n) is 3.13. The van der Waals surface area contributed by atoms with E-state index in [0.29, 0.717) is 6.54 Å². The van der Waals surface area contributed by atoms with Gasteiger partial charge in [-0.2, -0.15) is 0 Å². The monoisotopic (exact) mass is 285 g/mol. The molecule has 2 aliphatic rings. The predicted molar refractivity (Wildman–Crippen MR) is 71.8 cm³/mol. The Bertz CT molecular complexity index is 457. The van der Waals surface area contributed by atoms with E-state index in [4.69, 9.17) is 11.5 Å². The molecule has 0 aromatic carbocycles. The van der Waals surface area contributed by atoms with Crippen molar-refractivity contribution in [1.82, 2.24) is 9.80 Å². The van der Waals surface area contributed by atoms with Crippen LogP contribution in [-0.4, -0.2) is 65.5 Å². The summed E-state index contributed by atoms with van der Waals surface area (Å²) in [7, 11) is 0. The van der Waals surface area contributed by atoms with Crippen molar-refractivity contribution in [2.24, 2.45) is 22.4 Å². The summed E-state index contributed by atoms with van der Waals surface area (Å²) in [6, 6.07) is -1.12. The maximum atomic E-state index is 13.1. The molecule has 2 rings (SSSR count). The van der Waals surface area contributed by atoms with Gasteiger partial charge in [0.25, 0.3) is 0 Å². The number of aliphatic imine (C=N–C) groups is 1. The molecule has 0 aromatic heterocycles. The maximum Gasteiger partial charge on any atom is 0.315 e. The number of nitrogens with two attached hydrogens (primary N) is 2. The number of piperazine rings is 1. The molecule has 0 aliphatic carbocycles. The zero-order valence-electron chi connectivity index (χ0n) is 11.6. The first-order valence-corrected chi connectivity index (χ1v) is 6.57. The minimum atomic E-state index is -1.34. The second-order valence-corrected chi connectivity index (χ2v) is 5.54. The van der Waals surface area contributed by atoms with E-state index in [-0.39, 0.29) is 12.6 Å². The minimum Gasteiger partial charge on any atom is -0.367 e. The molecule has 0 spiro atoms. The number of halogens is 1. The van der Waals surface area contributed by atoms with Gasteiger partial charge in [0.1, 0.15) is 0 Å². The summed E-state index contributed by atoms with van der Waals surface area (Å²) in [6.45, 7) is 3.45. The molecule has 1 saturated heterocycles. The van der Waals surface area contributed by atoms with Gasteiger partial charge in [-0.3, -0.25) is 14.2 Å². The zero-order valence-corrected chi connectivity index (χ0v) is 11.6. The van der Waals surface area contributed by atoms with Crippen LogP contribution in [0.5, 0.6) is 0 Å². The molecule has 8 heteroatoms. The van der Waals surface area contributed by atoms with Crippen molar-refractivity contribution >= 4 is 18.3 Å². The Balaban J connectivity index is 2.36. The molecule has 112 valence electrons. The molecule has 0 saturated carbocycles. The van der Waals surface area contributed by atoms with Crippen LogP contribution in [-0.2, 0) is 4.79 Å². The van der Waals surface area contributed by atoms with Crippen molar-refractivity contribution in [3.63, 3.8) is 0 Å². The smallest absolute Gasteiger partial charge is 0.315 e. The third-order valence-corrected chi connectivity index (χ3v) is 4.37. The Morgan fingerprint density at radius 3 is 2.65 bits per heavy atom. The highest BCUT2D eigenvalue weighted by Crippen LogP contribution is 2.36. The Hall–Kier alpha value is -1.86. The van der Waals surface area contributed by atoms with E-state index in [9.17, 15) is 14.0 Å². The molecular weight excluding hydrogens is 265 g/mol. The normalized spacial score (nSPS) is 34.0. The third kappa shape index (κ3) is 1.90.